The number of sulfone groups is 1. The molecule has 175 valence electrons. The van der Waals surface area contributed by atoms with Gasteiger partial charge in [0.2, 0.25) is 0 Å². The summed E-state index contributed by atoms with van der Waals surface area (Å²) in [5.41, 5.74) is 0.613. The molecule has 4 aromatic carbocycles. The molecule has 0 saturated carbocycles. The Balaban J connectivity index is 2.16. The van der Waals surface area contributed by atoms with E-state index in [0.717, 1.165) is 6.29 Å². The minimum atomic E-state index is -5.24. The van der Waals surface area contributed by atoms with Crippen LogP contribution in [0.5, 0.6) is 5.75 Å². The molecule has 0 heterocycles. The molecule has 0 saturated heterocycles. The van der Waals surface area contributed by atoms with Gasteiger partial charge in [0.25, 0.3) is 9.84 Å². The molecule has 0 aliphatic carbocycles. The van der Waals surface area contributed by atoms with Gasteiger partial charge in [0, 0.05) is 0 Å². The Kier molecular flexibility index (Phi) is 6.48. The summed E-state index contributed by atoms with van der Waals surface area (Å²) in [4.78, 5) is 23.6. The highest BCUT2D eigenvalue weighted by atomic mass is 32.2. The molecule has 0 aromatic heterocycles. The molecule has 0 aliphatic rings. The van der Waals surface area contributed by atoms with Crippen molar-refractivity contribution in [2.75, 3.05) is 0 Å². The zero-order chi connectivity index (χ0) is 24.9. The molecular weight excluding hydrogens is 466 g/mol. The number of para-hydroxylation sites is 1. The van der Waals surface area contributed by atoms with Crippen molar-refractivity contribution in [1.82, 2.24) is 0 Å². The van der Waals surface area contributed by atoms with E-state index in [9.17, 15) is 23.3 Å². The van der Waals surface area contributed by atoms with Crippen LogP contribution in [0.1, 0.15) is 16.7 Å². The van der Waals surface area contributed by atoms with Gasteiger partial charge in [-0.2, -0.15) is 0 Å². The van der Waals surface area contributed by atoms with Crippen LogP contribution in [0.25, 0.3) is 0 Å². The van der Waals surface area contributed by atoms with E-state index in [2.05, 4.69) is 0 Å². The number of nitro groups is 1. The quantitative estimate of drug-likeness (QED) is 0.149. The minimum Gasteiger partial charge on any atom is -0.410 e. The van der Waals surface area contributed by atoms with Crippen molar-refractivity contribution in [2.24, 2.45) is 0 Å². The van der Waals surface area contributed by atoms with Crippen LogP contribution in [0.15, 0.2) is 121 Å². The van der Waals surface area contributed by atoms with E-state index in [0.29, 0.717) is 0 Å². The molecule has 35 heavy (non-hydrogen) atoms. The zero-order valence-electron chi connectivity index (χ0n) is 18.4. The Morgan fingerprint density at radius 1 is 0.657 bits per heavy atom. The Bertz CT molecular complexity index is 1320. The summed E-state index contributed by atoms with van der Waals surface area (Å²) in [7, 11) is -5.24. The molecule has 1 unspecified atom stereocenters. The van der Waals surface area contributed by atoms with E-state index in [-0.39, 0.29) is 22.4 Å². The number of benzene rings is 4. The lowest BCUT2D eigenvalue weighted by atomic mass is 9.84. The first-order valence-electron chi connectivity index (χ1n) is 10.6. The van der Waals surface area contributed by atoms with Crippen LogP contribution in [0, 0.1) is 10.1 Å². The topological polar surface area (TPSA) is 104 Å². The lowest BCUT2D eigenvalue weighted by molar-refractivity contribution is -0.559. The molecule has 4 aromatic rings. The van der Waals surface area contributed by atoms with Gasteiger partial charge < -0.3 is 4.74 Å². The second-order valence-electron chi connectivity index (χ2n) is 7.64. The van der Waals surface area contributed by atoms with Gasteiger partial charge >= 0.3 is 11.3 Å². The van der Waals surface area contributed by atoms with Crippen molar-refractivity contribution < 1.29 is 22.9 Å². The number of nitrogens with zero attached hydrogens (tertiary/aromatic N) is 1. The Morgan fingerprint density at radius 2 is 1.00 bits per heavy atom. The highest BCUT2D eigenvalue weighted by Crippen LogP contribution is 2.48. The summed E-state index contributed by atoms with van der Waals surface area (Å²) in [5, 5.41) is 8.91. The van der Waals surface area contributed by atoms with Gasteiger partial charge in [-0.3, -0.25) is 14.9 Å². The van der Waals surface area contributed by atoms with E-state index in [4.69, 9.17) is 4.74 Å². The van der Waals surface area contributed by atoms with Crippen molar-refractivity contribution in [3.63, 3.8) is 0 Å². The second kappa shape index (κ2) is 9.52. The first-order chi connectivity index (χ1) is 16.9. The van der Waals surface area contributed by atoms with Crippen LogP contribution < -0.4 is 4.74 Å². The maximum absolute atomic E-state index is 14.7. The minimum absolute atomic E-state index is 0.167. The van der Waals surface area contributed by atoms with Gasteiger partial charge in [-0.15, -0.1) is 0 Å². The van der Waals surface area contributed by atoms with E-state index < -0.39 is 24.6 Å². The molecule has 0 amide bonds. The average molecular weight is 487 g/mol. The normalized spacial score (nSPS) is 13.4. The van der Waals surface area contributed by atoms with Crippen LogP contribution in [0.4, 0.5) is 0 Å². The predicted octanol–water partition coefficient (Wildman–Crippen LogP) is 4.51. The number of rotatable bonds is 9. The molecule has 0 N–H and O–H groups in total. The van der Waals surface area contributed by atoms with Crippen LogP contribution in [0.3, 0.4) is 0 Å². The second-order valence-corrected chi connectivity index (χ2v) is 9.81. The van der Waals surface area contributed by atoms with Crippen molar-refractivity contribution >= 4 is 16.1 Å². The summed E-state index contributed by atoms with van der Waals surface area (Å²) >= 11 is 0. The van der Waals surface area contributed by atoms with Gasteiger partial charge in [0.15, 0.2) is 4.75 Å². The monoisotopic (exact) mass is 486 g/mol. The van der Waals surface area contributed by atoms with Gasteiger partial charge in [-0.05, 0) is 28.8 Å². The third kappa shape index (κ3) is 3.77. The number of carbonyl (C=O) groups excluding carboxylic acids is 1. The van der Waals surface area contributed by atoms with Crippen molar-refractivity contribution in [3.05, 3.63) is 148 Å². The Hall–Kier alpha value is -4.30. The van der Waals surface area contributed by atoms with Crippen LogP contribution >= 0.6 is 0 Å². The lowest BCUT2D eigenvalue weighted by Gasteiger charge is -2.37. The van der Waals surface area contributed by atoms with Gasteiger partial charge in [-0.1, -0.05) is 109 Å². The van der Waals surface area contributed by atoms with E-state index >= 15 is 0 Å². The molecule has 0 bridgehead atoms. The number of ether oxygens (including phenoxy) is 1. The van der Waals surface area contributed by atoms with Gasteiger partial charge in [0.05, 0.1) is 4.92 Å². The maximum Gasteiger partial charge on any atom is 0.534 e. The van der Waals surface area contributed by atoms with Crippen LogP contribution in [-0.4, -0.2) is 24.7 Å². The Morgan fingerprint density at radius 3 is 1.31 bits per heavy atom. The molecular formula is C27H20NO6S. The molecule has 4 rings (SSSR count). The molecule has 1 atom stereocenters. The van der Waals surface area contributed by atoms with Gasteiger partial charge in [0.1, 0.15) is 5.75 Å². The summed E-state index contributed by atoms with van der Waals surface area (Å²) in [6.45, 7) is 0. The number of hydrogen-bond donors (Lipinski definition) is 0. The Labute approximate surface area is 202 Å². The SMILES string of the molecule is O=[C]C(Oc1ccccc1)([N+](=O)[O-])S(=O)(=O)C(c1ccccc1)(c1ccccc1)c1ccccc1. The van der Waals surface area contributed by atoms with Crippen LogP contribution in [-0.2, 0) is 19.4 Å². The average Bonchev–Trinajstić information content (AvgIpc) is 2.90. The first kappa shape index (κ1) is 23.8. The molecule has 8 heteroatoms. The van der Waals surface area contributed by atoms with E-state index in [1.165, 1.54) is 24.3 Å². The standard InChI is InChI=1S/C27H20NO6S/c29-21-26(28(30)31,34-25-19-11-4-12-20-25)35(32,33)27(22-13-5-1-6-14-22,23-15-7-2-8-16-23)24-17-9-3-10-18-24/h1-20H. The summed E-state index contributed by atoms with van der Waals surface area (Å²) < 4.78 is 32.7. The first-order valence-corrected chi connectivity index (χ1v) is 12.1. The van der Waals surface area contributed by atoms with Crippen molar-refractivity contribution in [1.29, 1.82) is 0 Å². The smallest absolute Gasteiger partial charge is 0.410 e. The zero-order valence-corrected chi connectivity index (χ0v) is 19.2. The van der Waals surface area contributed by atoms with Crippen molar-refractivity contribution in [2.45, 2.75) is 9.80 Å². The third-order valence-electron chi connectivity index (χ3n) is 5.68. The fourth-order valence-corrected chi connectivity index (χ4v) is 6.41. The largest absolute Gasteiger partial charge is 0.534 e. The molecule has 7 nitrogen and oxygen atoms in total. The predicted molar refractivity (Wildman–Crippen MR) is 131 cm³/mol. The van der Waals surface area contributed by atoms with E-state index in [1.807, 2.05) is 0 Å². The maximum atomic E-state index is 14.7. The third-order valence-corrected chi connectivity index (χ3v) is 8.23. The highest BCUT2D eigenvalue weighted by molar-refractivity contribution is 7.94. The van der Waals surface area contributed by atoms with E-state index in [1.54, 1.807) is 97.1 Å². The molecule has 1 radical (unpaired) electrons. The van der Waals surface area contributed by atoms with Crippen molar-refractivity contribution in [3.8, 4) is 5.75 Å². The highest BCUT2D eigenvalue weighted by Gasteiger charge is 2.70. The fourth-order valence-electron chi connectivity index (χ4n) is 4.14. The van der Waals surface area contributed by atoms with Gasteiger partial charge in [-0.25, -0.2) is 8.42 Å². The summed E-state index contributed by atoms with van der Waals surface area (Å²) in [6.07, 6.45) is 1.16. The summed E-state index contributed by atoms with van der Waals surface area (Å²) in [5.74, 6) is -0.167. The number of hydrogen-bond acceptors (Lipinski definition) is 6. The lowest BCUT2D eigenvalue weighted by Crippen LogP contribution is -2.60. The van der Waals surface area contributed by atoms with Crippen LogP contribution in [0.2, 0.25) is 0 Å². The summed E-state index contributed by atoms with van der Waals surface area (Å²) in [6, 6.07) is 31.5. The molecule has 0 aliphatic heterocycles. The molecule has 0 fully saturated rings. The molecule has 0 spiro atoms. The fraction of sp³-hybridized carbons (Fsp3) is 0.0741.